The van der Waals surface area contributed by atoms with E-state index in [-0.39, 0.29) is 6.54 Å². The summed E-state index contributed by atoms with van der Waals surface area (Å²) in [4.78, 5) is 0. The van der Waals surface area contributed by atoms with Gasteiger partial charge in [0.1, 0.15) is 15.6 Å². The van der Waals surface area contributed by atoms with Crippen molar-refractivity contribution in [3.63, 3.8) is 0 Å². The fourth-order valence-electron chi connectivity index (χ4n) is 1.46. The van der Waals surface area contributed by atoms with Gasteiger partial charge >= 0.3 is 0 Å². The van der Waals surface area contributed by atoms with Gasteiger partial charge in [0.15, 0.2) is 0 Å². The standard InChI is InChI=1S/C11H18N2O5S2/c1-18-11-4-3-10(12)7-9(11)8-13-20(16,17)6-5-19(2,14)15/h3-4,7,13H,5-6,8,12H2,1-2H3. The summed E-state index contributed by atoms with van der Waals surface area (Å²) in [6.07, 6.45) is 0.990. The lowest BCUT2D eigenvalue weighted by Gasteiger charge is -2.11. The average molecular weight is 322 g/mol. The maximum atomic E-state index is 11.7. The van der Waals surface area contributed by atoms with Crippen molar-refractivity contribution in [1.29, 1.82) is 0 Å². The molecule has 0 spiro atoms. The van der Waals surface area contributed by atoms with E-state index in [0.29, 0.717) is 17.0 Å². The lowest BCUT2D eigenvalue weighted by molar-refractivity contribution is 0.409. The molecule has 0 unspecified atom stereocenters. The minimum Gasteiger partial charge on any atom is -0.496 e. The summed E-state index contributed by atoms with van der Waals surface area (Å²) in [6.45, 7) is -0.0136. The molecule has 0 atom stereocenters. The molecule has 114 valence electrons. The third-order valence-electron chi connectivity index (χ3n) is 2.51. The van der Waals surface area contributed by atoms with Gasteiger partial charge in [0, 0.05) is 24.1 Å². The van der Waals surface area contributed by atoms with Gasteiger partial charge in [0.2, 0.25) is 10.0 Å². The van der Waals surface area contributed by atoms with E-state index in [1.165, 1.54) is 7.11 Å². The fraction of sp³-hybridized carbons (Fsp3) is 0.455. The Morgan fingerprint density at radius 2 is 1.85 bits per heavy atom. The molecule has 7 nitrogen and oxygen atoms in total. The van der Waals surface area contributed by atoms with Crippen molar-refractivity contribution in [3.8, 4) is 5.75 Å². The van der Waals surface area contributed by atoms with Crippen LogP contribution in [0.5, 0.6) is 5.75 Å². The van der Waals surface area contributed by atoms with Crippen LogP contribution < -0.4 is 15.2 Å². The van der Waals surface area contributed by atoms with Crippen LogP contribution in [-0.2, 0) is 26.4 Å². The summed E-state index contributed by atoms with van der Waals surface area (Å²) in [5, 5.41) is 0. The van der Waals surface area contributed by atoms with Crippen molar-refractivity contribution in [2.75, 3.05) is 30.6 Å². The van der Waals surface area contributed by atoms with Gasteiger partial charge in [0.05, 0.1) is 18.6 Å². The highest BCUT2D eigenvalue weighted by molar-refractivity contribution is 7.93. The van der Waals surface area contributed by atoms with Crippen molar-refractivity contribution in [3.05, 3.63) is 23.8 Å². The SMILES string of the molecule is COc1ccc(N)cc1CNS(=O)(=O)CCS(C)(=O)=O. The minimum atomic E-state index is -3.68. The van der Waals surface area contributed by atoms with E-state index >= 15 is 0 Å². The number of nitrogen functional groups attached to an aromatic ring is 1. The Bertz CT molecular complexity index is 668. The molecule has 0 amide bonds. The van der Waals surface area contributed by atoms with Gasteiger partial charge in [0.25, 0.3) is 0 Å². The molecule has 0 aromatic heterocycles. The zero-order valence-electron chi connectivity index (χ0n) is 11.3. The normalized spacial score (nSPS) is 12.3. The number of methoxy groups -OCH3 is 1. The number of hydrogen-bond donors (Lipinski definition) is 2. The third-order valence-corrected chi connectivity index (χ3v) is 5.04. The molecule has 0 saturated carbocycles. The van der Waals surface area contributed by atoms with E-state index in [9.17, 15) is 16.8 Å². The molecule has 20 heavy (non-hydrogen) atoms. The quantitative estimate of drug-likeness (QED) is 0.668. The van der Waals surface area contributed by atoms with E-state index in [2.05, 4.69) is 4.72 Å². The Kier molecular flexibility index (Phi) is 5.37. The Hall–Kier alpha value is -1.32. The zero-order valence-corrected chi connectivity index (χ0v) is 12.9. The fourth-order valence-corrected chi connectivity index (χ4v) is 4.07. The van der Waals surface area contributed by atoms with Crippen LogP contribution in [0, 0.1) is 0 Å². The highest BCUT2D eigenvalue weighted by Gasteiger charge is 2.15. The number of sulfone groups is 1. The van der Waals surface area contributed by atoms with E-state index in [1.54, 1.807) is 18.2 Å². The molecular formula is C11H18N2O5S2. The first kappa shape index (κ1) is 16.7. The average Bonchev–Trinajstić information content (AvgIpc) is 2.34. The molecule has 0 aliphatic rings. The van der Waals surface area contributed by atoms with Gasteiger partial charge in [-0.2, -0.15) is 0 Å². The van der Waals surface area contributed by atoms with Gasteiger partial charge < -0.3 is 10.5 Å². The highest BCUT2D eigenvalue weighted by Crippen LogP contribution is 2.20. The molecule has 0 fully saturated rings. The van der Waals surface area contributed by atoms with Crippen molar-refractivity contribution in [2.45, 2.75) is 6.54 Å². The van der Waals surface area contributed by atoms with Gasteiger partial charge in [-0.1, -0.05) is 0 Å². The smallest absolute Gasteiger partial charge is 0.212 e. The summed E-state index contributed by atoms with van der Waals surface area (Å²) in [7, 11) is -5.53. The monoisotopic (exact) mass is 322 g/mol. The van der Waals surface area contributed by atoms with Crippen LogP contribution >= 0.6 is 0 Å². The number of sulfonamides is 1. The van der Waals surface area contributed by atoms with Crippen LogP contribution in [0.3, 0.4) is 0 Å². The van der Waals surface area contributed by atoms with Crippen molar-refractivity contribution in [1.82, 2.24) is 4.72 Å². The molecule has 1 aromatic rings. The maximum Gasteiger partial charge on any atom is 0.212 e. The first-order valence-electron chi connectivity index (χ1n) is 5.70. The lowest BCUT2D eigenvalue weighted by Crippen LogP contribution is -2.29. The molecule has 3 N–H and O–H groups in total. The van der Waals surface area contributed by atoms with Crippen LogP contribution in [0.1, 0.15) is 5.56 Å². The maximum absolute atomic E-state index is 11.7. The third kappa shape index (κ3) is 5.76. The first-order chi connectivity index (χ1) is 9.13. The van der Waals surface area contributed by atoms with Crippen LogP contribution in [-0.4, -0.2) is 41.7 Å². The molecule has 0 heterocycles. The Labute approximate surface area is 119 Å². The largest absolute Gasteiger partial charge is 0.496 e. The van der Waals surface area contributed by atoms with Gasteiger partial charge in [-0.05, 0) is 18.2 Å². The summed E-state index contributed by atoms with van der Waals surface area (Å²) in [6, 6.07) is 4.87. The number of rotatable bonds is 7. The van der Waals surface area contributed by atoms with Crippen molar-refractivity contribution < 1.29 is 21.6 Å². The van der Waals surface area contributed by atoms with Gasteiger partial charge in [-0.25, -0.2) is 21.6 Å². The second kappa shape index (κ2) is 6.42. The molecule has 0 radical (unpaired) electrons. The molecule has 0 saturated heterocycles. The highest BCUT2D eigenvalue weighted by atomic mass is 32.2. The van der Waals surface area contributed by atoms with Crippen molar-refractivity contribution in [2.24, 2.45) is 0 Å². The van der Waals surface area contributed by atoms with E-state index < -0.39 is 31.4 Å². The molecule has 1 rings (SSSR count). The van der Waals surface area contributed by atoms with Crippen LogP contribution in [0.25, 0.3) is 0 Å². The molecule has 0 bridgehead atoms. The van der Waals surface area contributed by atoms with E-state index in [0.717, 1.165) is 6.26 Å². The summed E-state index contributed by atoms with van der Waals surface area (Å²) < 4.78 is 52.7. The first-order valence-corrected chi connectivity index (χ1v) is 9.42. The van der Waals surface area contributed by atoms with Crippen LogP contribution in [0.4, 0.5) is 5.69 Å². The molecular weight excluding hydrogens is 304 g/mol. The predicted octanol–water partition coefficient (Wildman–Crippen LogP) is -0.259. The van der Waals surface area contributed by atoms with E-state index in [1.807, 2.05) is 0 Å². The Morgan fingerprint density at radius 3 is 2.40 bits per heavy atom. The second-order valence-electron chi connectivity index (χ2n) is 4.34. The Balaban J connectivity index is 2.73. The molecule has 0 aliphatic heterocycles. The van der Waals surface area contributed by atoms with E-state index in [4.69, 9.17) is 10.5 Å². The minimum absolute atomic E-state index is 0.0136. The summed E-state index contributed by atoms with van der Waals surface area (Å²) in [5.74, 6) is -0.391. The lowest BCUT2D eigenvalue weighted by atomic mass is 10.2. The molecule has 0 aliphatic carbocycles. The number of benzene rings is 1. The van der Waals surface area contributed by atoms with Gasteiger partial charge in [-0.3, -0.25) is 0 Å². The van der Waals surface area contributed by atoms with Crippen LogP contribution in [0.2, 0.25) is 0 Å². The van der Waals surface area contributed by atoms with Gasteiger partial charge in [-0.15, -0.1) is 0 Å². The zero-order chi connectivity index (χ0) is 15.4. The Morgan fingerprint density at radius 1 is 1.20 bits per heavy atom. The molecule has 9 heteroatoms. The summed E-state index contributed by atoms with van der Waals surface area (Å²) in [5.41, 5.74) is 6.69. The number of nitrogens with one attached hydrogen (secondary N) is 1. The van der Waals surface area contributed by atoms with Crippen LogP contribution in [0.15, 0.2) is 18.2 Å². The summed E-state index contributed by atoms with van der Waals surface area (Å²) >= 11 is 0. The number of anilines is 1. The molecule has 1 aromatic carbocycles. The number of hydrogen-bond acceptors (Lipinski definition) is 6. The predicted molar refractivity (Wildman–Crippen MR) is 77.7 cm³/mol. The number of ether oxygens (including phenoxy) is 1. The second-order valence-corrected chi connectivity index (χ2v) is 8.53. The van der Waals surface area contributed by atoms with Crippen molar-refractivity contribution >= 4 is 25.5 Å². The topological polar surface area (TPSA) is 116 Å². The number of nitrogens with two attached hydrogens (primary N) is 1.